The van der Waals surface area contributed by atoms with Crippen molar-refractivity contribution >= 4 is 6.09 Å². The number of carbonyl (C=O) groups is 1. The highest BCUT2D eigenvalue weighted by atomic mass is 16.6. The van der Waals surface area contributed by atoms with E-state index < -0.39 is 6.09 Å². The van der Waals surface area contributed by atoms with E-state index in [1.807, 2.05) is 45.0 Å². The predicted molar refractivity (Wildman–Crippen MR) is 90.1 cm³/mol. The van der Waals surface area contributed by atoms with Crippen LogP contribution in [0.1, 0.15) is 27.2 Å². The Hall–Kier alpha value is -2.63. The van der Waals surface area contributed by atoms with Gasteiger partial charge in [-0.25, -0.2) is 14.8 Å². The maximum atomic E-state index is 12.1. The van der Waals surface area contributed by atoms with Gasteiger partial charge in [-0.05, 0) is 39.3 Å². The molecule has 0 spiro atoms. The molecule has 1 aliphatic rings. The van der Waals surface area contributed by atoms with Crippen molar-refractivity contribution in [3.8, 4) is 22.9 Å². The fourth-order valence-corrected chi connectivity index (χ4v) is 2.31. The summed E-state index contributed by atoms with van der Waals surface area (Å²) in [6.07, 6.45) is 3.70. The minimum absolute atomic E-state index is 0.194. The molecule has 24 heavy (non-hydrogen) atoms. The molecule has 2 aromatic rings. The number of amides is 1. The molecule has 1 aromatic carbocycles. The molecule has 6 nitrogen and oxygen atoms in total. The van der Waals surface area contributed by atoms with Crippen LogP contribution in [0.15, 0.2) is 36.7 Å². The molecule has 1 fully saturated rings. The molecule has 0 aliphatic carbocycles. The SMILES string of the molecule is CC(C)(C)Oc1ccccc1-c1nccnc1OC(=O)N1CCC1. The zero-order valence-electron chi connectivity index (χ0n) is 14.2. The third kappa shape index (κ3) is 3.64. The summed E-state index contributed by atoms with van der Waals surface area (Å²) in [6.45, 7) is 7.37. The average Bonchev–Trinajstić information content (AvgIpc) is 2.45. The van der Waals surface area contributed by atoms with E-state index in [9.17, 15) is 4.79 Å². The molecule has 0 N–H and O–H groups in total. The molecule has 0 bridgehead atoms. The lowest BCUT2D eigenvalue weighted by atomic mass is 10.1. The van der Waals surface area contributed by atoms with Crippen molar-refractivity contribution in [2.75, 3.05) is 13.1 Å². The second-order valence-electron chi connectivity index (χ2n) is 6.63. The first-order valence-corrected chi connectivity index (χ1v) is 8.00. The number of rotatable bonds is 3. The number of ether oxygens (including phenoxy) is 2. The van der Waals surface area contributed by atoms with Gasteiger partial charge in [0.05, 0.1) is 0 Å². The first-order chi connectivity index (χ1) is 11.4. The Kier molecular flexibility index (Phi) is 4.38. The molecule has 1 amide bonds. The van der Waals surface area contributed by atoms with Crippen molar-refractivity contribution in [3.63, 3.8) is 0 Å². The fraction of sp³-hybridized carbons (Fsp3) is 0.389. The van der Waals surface area contributed by atoms with Gasteiger partial charge in [0.1, 0.15) is 17.0 Å². The molecule has 126 valence electrons. The summed E-state index contributed by atoms with van der Waals surface area (Å²) in [6, 6.07) is 7.54. The summed E-state index contributed by atoms with van der Waals surface area (Å²) >= 11 is 0. The smallest absolute Gasteiger partial charge is 0.416 e. The Bertz CT molecular complexity index is 736. The van der Waals surface area contributed by atoms with Crippen molar-refractivity contribution in [1.29, 1.82) is 0 Å². The van der Waals surface area contributed by atoms with Gasteiger partial charge in [-0.15, -0.1) is 0 Å². The van der Waals surface area contributed by atoms with Gasteiger partial charge in [-0.1, -0.05) is 12.1 Å². The maximum absolute atomic E-state index is 12.1. The average molecular weight is 327 g/mol. The van der Waals surface area contributed by atoms with Gasteiger partial charge in [-0.2, -0.15) is 0 Å². The molecular formula is C18H21N3O3. The highest BCUT2D eigenvalue weighted by Gasteiger charge is 2.25. The van der Waals surface area contributed by atoms with Crippen LogP contribution in [0.4, 0.5) is 4.79 Å². The molecule has 6 heteroatoms. The van der Waals surface area contributed by atoms with Crippen LogP contribution in [0.25, 0.3) is 11.3 Å². The molecule has 0 atom stereocenters. The zero-order valence-corrected chi connectivity index (χ0v) is 14.2. The minimum Gasteiger partial charge on any atom is -0.487 e. The van der Waals surface area contributed by atoms with E-state index >= 15 is 0 Å². The largest absolute Gasteiger partial charge is 0.487 e. The van der Waals surface area contributed by atoms with Gasteiger partial charge in [0.15, 0.2) is 0 Å². The molecule has 2 heterocycles. The highest BCUT2D eigenvalue weighted by molar-refractivity contribution is 5.76. The van der Waals surface area contributed by atoms with Crippen LogP contribution < -0.4 is 9.47 Å². The van der Waals surface area contributed by atoms with E-state index in [0.29, 0.717) is 11.4 Å². The predicted octanol–water partition coefficient (Wildman–Crippen LogP) is 3.53. The third-order valence-corrected chi connectivity index (χ3v) is 3.52. The highest BCUT2D eigenvalue weighted by Crippen LogP contribution is 2.35. The van der Waals surface area contributed by atoms with E-state index in [4.69, 9.17) is 9.47 Å². The molecule has 0 radical (unpaired) electrons. The summed E-state index contributed by atoms with van der Waals surface area (Å²) in [4.78, 5) is 22.3. The number of likely N-dealkylation sites (tertiary alicyclic amines) is 1. The second kappa shape index (κ2) is 6.47. The van der Waals surface area contributed by atoms with Crippen LogP contribution in [0.2, 0.25) is 0 Å². The van der Waals surface area contributed by atoms with Crippen LogP contribution in [0.3, 0.4) is 0 Å². The van der Waals surface area contributed by atoms with Gasteiger partial charge in [0.25, 0.3) is 5.88 Å². The van der Waals surface area contributed by atoms with Crippen LogP contribution in [0.5, 0.6) is 11.6 Å². The lowest BCUT2D eigenvalue weighted by Crippen LogP contribution is -2.43. The standard InChI is InChI=1S/C18H21N3O3/c1-18(2,3)24-14-8-5-4-7-13(14)15-16(20-10-9-19-15)23-17(22)21-11-6-12-21/h4-5,7-10H,6,11-12H2,1-3H3. The molecule has 1 aliphatic heterocycles. The summed E-state index contributed by atoms with van der Waals surface area (Å²) in [5.41, 5.74) is 0.880. The molecule has 3 rings (SSSR count). The lowest BCUT2D eigenvalue weighted by molar-refractivity contribution is 0.123. The summed E-state index contributed by atoms with van der Waals surface area (Å²) in [5, 5.41) is 0. The van der Waals surface area contributed by atoms with Gasteiger partial charge in [0.2, 0.25) is 0 Å². The fourth-order valence-electron chi connectivity index (χ4n) is 2.31. The summed E-state index contributed by atoms with van der Waals surface area (Å²) in [5.74, 6) is 0.867. The normalized spacial score (nSPS) is 14.0. The Balaban J connectivity index is 1.94. The molecule has 0 saturated carbocycles. The van der Waals surface area contributed by atoms with Gasteiger partial charge >= 0.3 is 6.09 Å². The van der Waals surface area contributed by atoms with Crippen LogP contribution in [0, 0.1) is 0 Å². The van der Waals surface area contributed by atoms with Crippen LogP contribution in [-0.2, 0) is 0 Å². The zero-order chi connectivity index (χ0) is 17.2. The topological polar surface area (TPSA) is 64.6 Å². The minimum atomic E-state index is -0.391. The number of carbonyl (C=O) groups excluding carboxylic acids is 1. The van der Waals surface area contributed by atoms with E-state index in [2.05, 4.69) is 9.97 Å². The lowest BCUT2D eigenvalue weighted by Gasteiger charge is -2.29. The number of para-hydroxylation sites is 1. The Morgan fingerprint density at radius 1 is 1.12 bits per heavy atom. The van der Waals surface area contributed by atoms with E-state index in [1.54, 1.807) is 11.1 Å². The van der Waals surface area contributed by atoms with Crippen molar-refractivity contribution in [3.05, 3.63) is 36.7 Å². The summed E-state index contributed by atoms with van der Waals surface area (Å²) in [7, 11) is 0. The van der Waals surface area contributed by atoms with Gasteiger partial charge in [-0.3, -0.25) is 0 Å². The first kappa shape index (κ1) is 16.2. The molecule has 1 aromatic heterocycles. The first-order valence-electron chi connectivity index (χ1n) is 8.00. The maximum Gasteiger partial charge on any atom is 0.416 e. The molecular weight excluding hydrogens is 306 g/mol. The van der Waals surface area contributed by atoms with Crippen molar-refractivity contribution < 1.29 is 14.3 Å². The van der Waals surface area contributed by atoms with E-state index in [0.717, 1.165) is 25.1 Å². The Morgan fingerprint density at radius 2 is 1.83 bits per heavy atom. The summed E-state index contributed by atoms with van der Waals surface area (Å²) < 4.78 is 11.5. The van der Waals surface area contributed by atoms with Gasteiger partial charge < -0.3 is 14.4 Å². The molecule has 0 unspecified atom stereocenters. The van der Waals surface area contributed by atoms with Crippen molar-refractivity contribution in [2.45, 2.75) is 32.8 Å². The van der Waals surface area contributed by atoms with Crippen LogP contribution >= 0.6 is 0 Å². The van der Waals surface area contributed by atoms with Crippen LogP contribution in [-0.4, -0.2) is 39.7 Å². The van der Waals surface area contributed by atoms with Gasteiger partial charge in [0, 0.05) is 31.0 Å². The van der Waals surface area contributed by atoms with Crippen molar-refractivity contribution in [2.24, 2.45) is 0 Å². The quantitative estimate of drug-likeness (QED) is 0.863. The van der Waals surface area contributed by atoms with Crippen molar-refractivity contribution in [1.82, 2.24) is 14.9 Å². The third-order valence-electron chi connectivity index (χ3n) is 3.52. The number of benzene rings is 1. The number of hydrogen-bond acceptors (Lipinski definition) is 5. The second-order valence-corrected chi connectivity index (χ2v) is 6.63. The Morgan fingerprint density at radius 3 is 2.50 bits per heavy atom. The molecule has 1 saturated heterocycles. The number of hydrogen-bond donors (Lipinski definition) is 0. The number of nitrogens with zero attached hydrogens (tertiary/aromatic N) is 3. The monoisotopic (exact) mass is 327 g/mol. The number of aromatic nitrogens is 2. The van der Waals surface area contributed by atoms with E-state index in [1.165, 1.54) is 6.20 Å². The van der Waals surface area contributed by atoms with E-state index in [-0.39, 0.29) is 11.5 Å². The Labute approximate surface area is 141 Å².